The number of amides is 4. The molecule has 2 aromatic rings. The second kappa shape index (κ2) is 6.58. The van der Waals surface area contributed by atoms with Gasteiger partial charge in [-0.3, -0.25) is 14.9 Å². The lowest BCUT2D eigenvalue weighted by Crippen LogP contribution is -2.54. The Morgan fingerprint density at radius 3 is 2.28 bits per heavy atom. The number of barbiturate groups is 1. The highest BCUT2D eigenvalue weighted by Gasteiger charge is 2.36. The van der Waals surface area contributed by atoms with E-state index in [1.165, 1.54) is 48.5 Å². The molecule has 0 saturated carbocycles. The van der Waals surface area contributed by atoms with E-state index in [4.69, 9.17) is 23.2 Å². The van der Waals surface area contributed by atoms with Gasteiger partial charge >= 0.3 is 6.03 Å². The molecule has 1 saturated heterocycles. The number of phenolic OH excluding ortho intramolecular Hbond substituents is 1. The van der Waals surface area contributed by atoms with Crippen LogP contribution in [0.1, 0.15) is 5.56 Å². The molecule has 0 atom stereocenters. The maximum atomic E-state index is 12.7. The van der Waals surface area contributed by atoms with E-state index in [9.17, 15) is 19.5 Å². The maximum Gasteiger partial charge on any atom is 0.335 e. The fraction of sp³-hybridized carbons (Fsp3) is 0. The number of urea groups is 1. The van der Waals surface area contributed by atoms with E-state index in [0.717, 1.165) is 4.90 Å². The molecule has 126 valence electrons. The fourth-order valence-corrected chi connectivity index (χ4v) is 2.59. The molecule has 6 nitrogen and oxygen atoms in total. The zero-order chi connectivity index (χ0) is 18.1. The average Bonchev–Trinajstić information content (AvgIpc) is 2.56. The molecule has 2 aromatic carbocycles. The first kappa shape index (κ1) is 17.0. The number of carbonyl (C=O) groups excluding carboxylic acids is 3. The first-order valence-corrected chi connectivity index (χ1v) is 7.78. The zero-order valence-electron chi connectivity index (χ0n) is 12.5. The van der Waals surface area contributed by atoms with Crippen LogP contribution in [0, 0.1) is 0 Å². The number of imide groups is 2. The summed E-state index contributed by atoms with van der Waals surface area (Å²) in [5.74, 6) is -1.84. The van der Waals surface area contributed by atoms with Gasteiger partial charge in [0, 0.05) is 15.6 Å². The van der Waals surface area contributed by atoms with Crippen molar-refractivity contribution in [1.29, 1.82) is 0 Å². The largest absolute Gasteiger partial charge is 0.507 e. The summed E-state index contributed by atoms with van der Waals surface area (Å²) in [6.07, 6.45) is 1.17. The Balaban J connectivity index is 2.05. The van der Waals surface area contributed by atoms with Crippen LogP contribution in [0.4, 0.5) is 10.5 Å². The third kappa shape index (κ3) is 3.35. The second-order valence-corrected chi connectivity index (χ2v) is 6.01. The lowest BCUT2D eigenvalue weighted by atomic mass is 10.1. The summed E-state index contributed by atoms with van der Waals surface area (Å²) < 4.78 is 0. The first-order chi connectivity index (χ1) is 11.9. The Kier molecular flexibility index (Phi) is 4.48. The van der Waals surface area contributed by atoms with Crippen molar-refractivity contribution in [2.75, 3.05) is 4.90 Å². The number of nitrogens with one attached hydrogen (secondary N) is 1. The molecule has 25 heavy (non-hydrogen) atoms. The van der Waals surface area contributed by atoms with Crippen molar-refractivity contribution in [3.63, 3.8) is 0 Å². The van der Waals surface area contributed by atoms with Crippen LogP contribution in [0.15, 0.2) is 48.0 Å². The van der Waals surface area contributed by atoms with Crippen molar-refractivity contribution in [1.82, 2.24) is 5.32 Å². The van der Waals surface area contributed by atoms with Gasteiger partial charge in [-0.05, 0) is 48.5 Å². The Morgan fingerprint density at radius 1 is 0.960 bits per heavy atom. The fourth-order valence-electron chi connectivity index (χ4n) is 2.28. The number of aromatic hydroxyl groups is 1. The number of hydrogen-bond acceptors (Lipinski definition) is 4. The van der Waals surface area contributed by atoms with Gasteiger partial charge < -0.3 is 5.11 Å². The molecule has 0 bridgehead atoms. The minimum atomic E-state index is -0.871. The van der Waals surface area contributed by atoms with Crippen LogP contribution in [0.25, 0.3) is 6.08 Å². The number of carbonyl (C=O) groups is 3. The summed E-state index contributed by atoms with van der Waals surface area (Å²) in [5.41, 5.74) is 0.115. The molecule has 0 aromatic heterocycles. The van der Waals surface area contributed by atoms with Crippen LogP contribution < -0.4 is 10.2 Å². The molecular weight excluding hydrogens is 367 g/mol. The SMILES string of the molecule is O=C1NC(=O)N(c2ccc(Cl)cc2)C(=O)/C1=C/c1cc(Cl)ccc1O. The van der Waals surface area contributed by atoms with Crippen LogP contribution in [-0.2, 0) is 9.59 Å². The maximum absolute atomic E-state index is 12.7. The molecule has 0 spiro atoms. The number of rotatable bonds is 2. The lowest BCUT2D eigenvalue weighted by molar-refractivity contribution is -0.122. The summed E-state index contributed by atoms with van der Waals surface area (Å²) >= 11 is 11.7. The van der Waals surface area contributed by atoms with E-state index in [2.05, 4.69) is 5.32 Å². The summed E-state index contributed by atoms with van der Waals surface area (Å²) in [4.78, 5) is 37.6. The van der Waals surface area contributed by atoms with Gasteiger partial charge in [0.05, 0.1) is 5.69 Å². The molecule has 1 aliphatic heterocycles. The van der Waals surface area contributed by atoms with Crippen LogP contribution in [0.3, 0.4) is 0 Å². The predicted octanol–water partition coefficient (Wildman–Crippen LogP) is 3.37. The number of anilines is 1. The van der Waals surface area contributed by atoms with Crippen molar-refractivity contribution in [2.45, 2.75) is 0 Å². The molecular formula is C17H10Cl2N2O4. The summed E-state index contributed by atoms with van der Waals surface area (Å²) in [5, 5.41) is 12.7. The van der Waals surface area contributed by atoms with Crippen molar-refractivity contribution in [3.05, 3.63) is 63.6 Å². The van der Waals surface area contributed by atoms with Crippen molar-refractivity contribution < 1.29 is 19.5 Å². The number of benzene rings is 2. The first-order valence-electron chi connectivity index (χ1n) is 7.02. The highest BCUT2D eigenvalue weighted by molar-refractivity contribution is 6.39. The minimum Gasteiger partial charge on any atom is -0.507 e. The Hall–Kier alpha value is -2.83. The Labute approximate surface area is 152 Å². The van der Waals surface area contributed by atoms with Gasteiger partial charge in [0.1, 0.15) is 11.3 Å². The third-order valence-electron chi connectivity index (χ3n) is 3.48. The van der Waals surface area contributed by atoms with Crippen molar-refractivity contribution in [3.8, 4) is 5.75 Å². The van der Waals surface area contributed by atoms with Gasteiger partial charge in [-0.15, -0.1) is 0 Å². The smallest absolute Gasteiger partial charge is 0.335 e. The number of nitrogens with zero attached hydrogens (tertiary/aromatic N) is 1. The Bertz CT molecular complexity index is 923. The van der Waals surface area contributed by atoms with Crippen LogP contribution in [-0.4, -0.2) is 23.0 Å². The molecule has 8 heteroatoms. The summed E-state index contributed by atoms with van der Waals surface area (Å²) in [6, 6.07) is 9.31. The molecule has 4 amide bonds. The second-order valence-electron chi connectivity index (χ2n) is 5.14. The topological polar surface area (TPSA) is 86.7 Å². The highest BCUT2D eigenvalue weighted by atomic mass is 35.5. The molecule has 1 heterocycles. The van der Waals surface area contributed by atoms with Gasteiger partial charge in [0.2, 0.25) is 0 Å². The minimum absolute atomic E-state index is 0.160. The molecule has 0 unspecified atom stereocenters. The van der Waals surface area contributed by atoms with Crippen molar-refractivity contribution >= 4 is 52.8 Å². The average molecular weight is 377 g/mol. The summed E-state index contributed by atoms with van der Waals surface area (Å²) in [6.45, 7) is 0. The quantitative estimate of drug-likeness (QED) is 0.621. The Morgan fingerprint density at radius 2 is 1.60 bits per heavy atom. The van der Waals surface area contributed by atoms with Crippen LogP contribution >= 0.6 is 23.2 Å². The van der Waals surface area contributed by atoms with E-state index in [-0.39, 0.29) is 22.6 Å². The van der Waals surface area contributed by atoms with Crippen LogP contribution in [0.5, 0.6) is 5.75 Å². The molecule has 2 N–H and O–H groups in total. The number of halogens is 2. The van der Waals surface area contributed by atoms with Gasteiger partial charge in [-0.2, -0.15) is 0 Å². The normalized spacial score (nSPS) is 16.3. The lowest BCUT2D eigenvalue weighted by Gasteiger charge is -2.26. The zero-order valence-corrected chi connectivity index (χ0v) is 14.0. The monoisotopic (exact) mass is 376 g/mol. The molecule has 0 radical (unpaired) electrons. The van der Waals surface area contributed by atoms with E-state index < -0.39 is 17.8 Å². The molecule has 0 aliphatic carbocycles. The van der Waals surface area contributed by atoms with Gasteiger partial charge in [0.15, 0.2) is 0 Å². The van der Waals surface area contributed by atoms with Crippen LogP contribution in [0.2, 0.25) is 10.0 Å². The summed E-state index contributed by atoms with van der Waals surface area (Å²) in [7, 11) is 0. The van der Waals surface area contributed by atoms with E-state index >= 15 is 0 Å². The van der Waals surface area contributed by atoms with E-state index in [1.54, 1.807) is 0 Å². The van der Waals surface area contributed by atoms with E-state index in [1.807, 2.05) is 0 Å². The van der Waals surface area contributed by atoms with Gasteiger partial charge in [0.25, 0.3) is 11.8 Å². The third-order valence-corrected chi connectivity index (χ3v) is 3.96. The van der Waals surface area contributed by atoms with Crippen molar-refractivity contribution in [2.24, 2.45) is 0 Å². The highest BCUT2D eigenvalue weighted by Crippen LogP contribution is 2.27. The number of phenols is 1. The predicted molar refractivity (Wildman–Crippen MR) is 93.6 cm³/mol. The molecule has 3 rings (SSSR count). The molecule has 1 fully saturated rings. The standard InChI is InChI=1S/C17H10Cl2N2O4/c18-10-1-4-12(5-2-10)21-16(24)13(15(23)20-17(21)25)8-9-7-11(19)3-6-14(9)22/h1-8,22H,(H,20,23,25)/b13-8+. The van der Waals surface area contributed by atoms with Gasteiger partial charge in [-0.25, -0.2) is 9.69 Å². The van der Waals surface area contributed by atoms with E-state index in [0.29, 0.717) is 10.0 Å². The van der Waals surface area contributed by atoms with Gasteiger partial charge in [-0.1, -0.05) is 23.2 Å². The molecule has 1 aliphatic rings. The number of hydrogen-bond donors (Lipinski definition) is 2.